The Kier molecular flexibility index (Phi) is 4.54. The lowest BCUT2D eigenvalue weighted by molar-refractivity contribution is -0.139. The summed E-state index contributed by atoms with van der Waals surface area (Å²) in [7, 11) is -1.84. The number of carbonyl (C=O) groups excluding carboxylic acids is 1. The highest BCUT2D eigenvalue weighted by Gasteiger charge is 2.29. The zero-order valence-electron chi connectivity index (χ0n) is 8.96. The third-order valence-electron chi connectivity index (χ3n) is 2.05. The van der Waals surface area contributed by atoms with Crippen LogP contribution in [0.4, 0.5) is 0 Å². The highest BCUT2D eigenvalue weighted by atomic mass is 32.2. The number of rotatable bonds is 5. The first-order valence-corrected chi connectivity index (χ1v) is 6.07. The molecule has 0 fully saturated rings. The van der Waals surface area contributed by atoms with E-state index in [1.807, 2.05) is 0 Å². The smallest absolute Gasteiger partial charge is 0.319 e. The Labute approximate surface area is 84.7 Å². The van der Waals surface area contributed by atoms with Gasteiger partial charge in [0.15, 0.2) is 9.84 Å². The van der Waals surface area contributed by atoms with E-state index in [-0.39, 0.29) is 13.1 Å². The van der Waals surface area contributed by atoms with Crippen molar-refractivity contribution in [3.05, 3.63) is 0 Å². The van der Waals surface area contributed by atoms with Crippen LogP contribution >= 0.6 is 0 Å². The molecule has 0 aliphatic heterocycles. The third-order valence-corrected chi connectivity index (χ3v) is 4.20. The number of esters is 1. The van der Waals surface area contributed by atoms with Gasteiger partial charge < -0.3 is 10.1 Å². The van der Waals surface area contributed by atoms with Gasteiger partial charge in [0.1, 0.15) is 0 Å². The van der Waals surface area contributed by atoms with Crippen LogP contribution in [0, 0.1) is 0 Å². The van der Waals surface area contributed by atoms with Gasteiger partial charge in [-0.2, -0.15) is 0 Å². The first-order chi connectivity index (χ1) is 6.20. The van der Waals surface area contributed by atoms with E-state index < -0.39 is 20.6 Å². The fourth-order valence-electron chi connectivity index (χ4n) is 0.669. The topological polar surface area (TPSA) is 72.5 Å². The normalized spacial score (nSPS) is 12.6. The lowest BCUT2D eigenvalue weighted by Crippen LogP contribution is -2.43. The molecule has 84 valence electrons. The Hall–Kier alpha value is -0.620. The Balaban J connectivity index is 4.08. The van der Waals surface area contributed by atoms with Crippen molar-refractivity contribution in [2.75, 3.05) is 26.5 Å². The Morgan fingerprint density at radius 3 is 2.29 bits per heavy atom. The molecule has 5 nitrogen and oxygen atoms in total. The van der Waals surface area contributed by atoms with Crippen LogP contribution in [-0.2, 0) is 19.4 Å². The number of sulfone groups is 1. The van der Waals surface area contributed by atoms with Crippen LogP contribution < -0.4 is 5.32 Å². The van der Waals surface area contributed by atoms with E-state index in [0.29, 0.717) is 0 Å². The van der Waals surface area contributed by atoms with Gasteiger partial charge in [0, 0.05) is 12.8 Å². The van der Waals surface area contributed by atoms with Crippen LogP contribution in [0.1, 0.15) is 13.8 Å². The van der Waals surface area contributed by atoms with Crippen LogP contribution in [0.2, 0.25) is 0 Å². The molecule has 0 bridgehead atoms. The number of methoxy groups -OCH3 is 1. The molecule has 0 radical (unpaired) electrons. The second-order valence-corrected chi connectivity index (χ2v) is 6.36. The minimum atomic E-state index is -3.12. The zero-order valence-corrected chi connectivity index (χ0v) is 9.77. The largest absolute Gasteiger partial charge is 0.468 e. The van der Waals surface area contributed by atoms with Crippen LogP contribution in [0.15, 0.2) is 0 Å². The van der Waals surface area contributed by atoms with Crippen molar-refractivity contribution in [3.8, 4) is 0 Å². The van der Waals surface area contributed by atoms with E-state index >= 15 is 0 Å². The van der Waals surface area contributed by atoms with Gasteiger partial charge >= 0.3 is 5.97 Å². The highest BCUT2D eigenvalue weighted by Crippen LogP contribution is 2.12. The van der Waals surface area contributed by atoms with Crippen molar-refractivity contribution in [1.82, 2.24) is 5.32 Å². The fourth-order valence-corrected chi connectivity index (χ4v) is 1.03. The summed E-state index contributed by atoms with van der Waals surface area (Å²) < 4.78 is 26.0. The van der Waals surface area contributed by atoms with E-state index in [0.717, 1.165) is 0 Å². The van der Waals surface area contributed by atoms with Crippen molar-refractivity contribution in [3.63, 3.8) is 0 Å². The molecule has 0 aromatic rings. The maximum absolute atomic E-state index is 11.2. The molecule has 0 saturated heterocycles. The summed E-state index contributed by atoms with van der Waals surface area (Å²) in [4.78, 5) is 10.7. The Morgan fingerprint density at radius 1 is 1.43 bits per heavy atom. The summed E-state index contributed by atoms with van der Waals surface area (Å²) in [5, 5.41) is 2.73. The molecular formula is C8H17NO4S. The van der Waals surface area contributed by atoms with Gasteiger partial charge in [0.2, 0.25) is 0 Å². The molecule has 0 amide bonds. The molecule has 0 aliphatic rings. The van der Waals surface area contributed by atoms with E-state index in [1.54, 1.807) is 13.8 Å². The van der Waals surface area contributed by atoms with Crippen molar-refractivity contribution < 1.29 is 17.9 Å². The second kappa shape index (κ2) is 4.75. The Bertz CT molecular complexity index is 294. The monoisotopic (exact) mass is 223 g/mol. The van der Waals surface area contributed by atoms with Crippen molar-refractivity contribution >= 4 is 15.8 Å². The number of hydrogen-bond acceptors (Lipinski definition) is 5. The predicted octanol–water partition coefficient (Wildman–Crippen LogP) is -0.428. The molecule has 0 aromatic heterocycles. The van der Waals surface area contributed by atoms with Crippen LogP contribution in [0.5, 0.6) is 0 Å². The summed E-state index contributed by atoms with van der Waals surface area (Å²) in [5.41, 5.74) is 0. The SMILES string of the molecule is COC(=O)CNCC(C)(C)S(C)(=O)=O. The maximum Gasteiger partial charge on any atom is 0.319 e. The van der Waals surface area contributed by atoms with E-state index in [9.17, 15) is 13.2 Å². The molecular weight excluding hydrogens is 206 g/mol. The predicted molar refractivity (Wildman–Crippen MR) is 53.8 cm³/mol. The average Bonchev–Trinajstić information content (AvgIpc) is 2.01. The van der Waals surface area contributed by atoms with Gasteiger partial charge in [-0.3, -0.25) is 4.79 Å². The summed E-state index contributed by atoms with van der Waals surface area (Å²) in [5.74, 6) is -0.408. The molecule has 6 heteroatoms. The number of ether oxygens (including phenoxy) is 1. The fraction of sp³-hybridized carbons (Fsp3) is 0.875. The van der Waals surface area contributed by atoms with Crippen LogP contribution in [0.3, 0.4) is 0 Å². The van der Waals surface area contributed by atoms with Gasteiger partial charge in [-0.15, -0.1) is 0 Å². The number of carbonyl (C=O) groups is 1. The lowest BCUT2D eigenvalue weighted by Gasteiger charge is -2.22. The molecule has 0 heterocycles. The van der Waals surface area contributed by atoms with Gasteiger partial charge in [-0.05, 0) is 13.8 Å². The molecule has 0 spiro atoms. The molecule has 0 atom stereocenters. The van der Waals surface area contributed by atoms with Gasteiger partial charge in [-0.25, -0.2) is 8.42 Å². The maximum atomic E-state index is 11.2. The molecule has 0 aromatic carbocycles. The molecule has 0 unspecified atom stereocenters. The molecule has 1 N–H and O–H groups in total. The van der Waals surface area contributed by atoms with Gasteiger partial charge in [0.25, 0.3) is 0 Å². The minimum Gasteiger partial charge on any atom is -0.468 e. The van der Waals surface area contributed by atoms with E-state index in [1.165, 1.54) is 13.4 Å². The van der Waals surface area contributed by atoms with Crippen molar-refractivity contribution in [2.45, 2.75) is 18.6 Å². The van der Waals surface area contributed by atoms with Crippen molar-refractivity contribution in [2.24, 2.45) is 0 Å². The first-order valence-electron chi connectivity index (χ1n) is 4.18. The highest BCUT2D eigenvalue weighted by molar-refractivity contribution is 7.92. The third kappa shape index (κ3) is 4.06. The quantitative estimate of drug-likeness (QED) is 0.640. The molecule has 0 saturated carbocycles. The average molecular weight is 223 g/mol. The molecule has 0 aliphatic carbocycles. The summed E-state index contributed by atoms with van der Waals surface area (Å²) >= 11 is 0. The number of hydrogen-bond donors (Lipinski definition) is 1. The second-order valence-electron chi connectivity index (χ2n) is 3.71. The van der Waals surface area contributed by atoms with Crippen molar-refractivity contribution in [1.29, 1.82) is 0 Å². The van der Waals surface area contributed by atoms with Crippen LogP contribution in [0.25, 0.3) is 0 Å². The summed E-state index contributed by atoms with van der Waals surface area (Å²) in [6.07, 6.45) is 1.17. The van der Waals surface area contributed by atoms with E-state index in [4.69, 9.17) is 0 Å². The molecule has 14 heavy (non-hydrogen) atoms. The van der Waals surface area contributed by atoms with Gasteiger partial charge in [-0.1, -0.05) is 0 Å². The summed E-state index contributed by atoms with van der Waals surface area (Å²) in [6.45, 7) is 3.45. The standard InChI is InChI=1S/C8H17NO4S/c1-8(2,14(4,11)12)6-9-5-7(10)13-3/h9H,5-6H2,1-4H3. The Morgan fingerprint density at radius 2 is 1.93 bits per heavy atom. The first kappa shape index (κ1) is 13.4. The minimum absolute atomic E-state index is 0.0233. The zero-order chi connectivity index (χ0) is 11.4. The van der Waals surface area contributed by atoms with Crippen LogP contribution in [-0.4, -0.2) is 45.6 Å². The molecule has 0 rings (SSSR count). The lowest BCUT2D eigenvalue weighted by atomic mass is 10.2. The van der Waals surface area contributed by atoms with E-state index in [2.05, 4.69) is 10.1 Å². The number of nitrogens with one attached hydrogen (secondary N) is 1. The summed E-state index contributed by atoms with van der Waals surface area (Å²) in [6, 6.07) is 0. The van der Waals surface area contributed by atoms with Gasteiger partial charge in [0.05, 0.1) is 18.4 Å².